The predicted octanol–water partition coefficient (Wildman–Crippen LogP) is 1.98. The van der Waals surface area contributed by atoms with Gasteiger partial charge in [0.15, 0.2) is 0 Å². The van der Waals surface area contributed by atoms with E-state index in [9.17, 15) is 35.9 Å². The first-order valence-corrected chi connectivity index (χ1v) is 4.53. The molecule has 18 heavy (non-hydrogen) atoms. The normalized spacial score (nSPS) is 15.7. The average molecular weight is 282 g/mol. The Morgan fingerprint density at radius 1 is 0.833 bits per heavy atom. The molecule has 0 amide bonds. The molecule has 0 bridgehead atoms. The molecule has 1 rings (SSSR count). The highest BCUT2D eigenvalue weighted by atomic mass is 19.4. The Hall–Kier alpha value is -1.32. The summed E-state index contributed by atoms with van der Waals surface area (Å²) in [7, 11) is 0. The monoisotopic (exact) mass is 282 g/mol. The van der Waals surface area contributed by atoms with Crippen molar-refractivity contribution >= 4 is 11.9 Å². The van der Waals surface area contributed by atoms with Crippen LogP contribution in [-0.2, 0) is 19.1 Å². The topological polar surface area (TPSA) is 52.6 Å². The van der Waals surface area contributed by atoms with E-state index in [0.29, 0.717) is 0 Å². The fourth-order valence-electron chi connectivity index (χ4n) is 0.710. The Bertz CT molecular complexity index is 259. The molecule has 4 nitrogen and oxygen atoms in total. The number of esters is 2. The summed E-state index contributed by atoms with van der Waals surface area (Å²) >= 11 is 0. The lowest BCUT2D eigenvalue weighted by molar-refractivity contribution is -0.221. The highest BCUT2D eigenvalue weighted by molar-refractivity contribution is 5.90. The zero-order valence-electron chi connectivity index (χ0n) is 8.73. The van der Waals surface area contributed by atoms with Gasteiger partial charge in [-0.15, -0.1) is 0 Å². The molecule has 0 spiro atoms. The lowest BCUT2D eigenvalue weighted by Crippen LogP contribution is -2.34. The van der Waals surface area contributed by atoms with Gasteiger partial charge in [-0.2, -0.15) is 26.3 Å². The summed E-state index contributed by atoms with van der Waals surface area (Å²) in [5, 5.41) is 0. The van der Waals surface area contributed by atoms with Crippen molar-refractivity contribution in [2.75, 3.05) is 13.2 Å². The van der Waals surface area contributed by atoms with Gasteiger partial charge in [0.1, 0.15) is 0 Å². The van der Waals surface area contributed by atoms with Crippen molar-refractivity contribution in [3.8, 4) is 0 Å². The van der Waals surface area contributed by atoms with Crippen LogP contribution in [0.25, 0.3) is 0 Å². The lowest BCUT2D eigenvalue weighted by atomic mass is 10.4. The minimum atomic E-state index is -5.62. The molecule has 1 fully saturated rings. The predicted molar refractivity (Wildman–Crippen MR) is 43.3 cm³/mol. The third kappa shape index (κ3) is 7.09. The van der Waals surface area contributed by atoms with E-state index in [1.165, 1.54) is 12.8 Å². The fourth-order valence-corrected chi connectivity index (χ4v) is 0.710. The van der Waals surface area contributed by atoms with Gasteiger partial charge in [0.25, 0.3) is 0 Å². The van der Waals surface area contributed by atoms with Crippen molar-refractivity contribution in [3.05, 3.63) is 0 Å². The van der Waals surface area contributed by atoms with Crippen LogP contribution in [0, 0.1) is 0 Å². The average Bonchev–Trinajstić information content (AvgIpc) is 2.71. The fraction of sp³-hybridized carbons (Fsp3) is 0.750. The van der Waals surface area contributed by atoms with Gasteiger partial charge in [0.05, 0.1) is 0 Å². The molecule has 0 saturated carbocycles. The molecule has 0 aromatic rings. The van der Waals surface area contributed by atoms with Crippen LogP contribution >= 0.6 is 0 Å². The summed E-state index contributed by atoms with van der Waals surface area (Å²) < 4.78 is 74.6. The molecule has 0 aliphatic carbocycles. The zero-order chi connectivity index (χ0) is 14.4. The standard InChI is InChI=1S/C4F6O3.C4H8O/c5-3(6,7)1(11)13-2(12)4(8,9)10;1-2-4-5-3-1/h;1-4H2. The number of rotatable bonds is 0. The molecular formula is C8H8F6O4. The molecule has 106 valence electrons. The van der Waals surface area contributed by atoms with Crippen LogP contribution < -0.4 is 0 Å². The van der Waals surface area contributed by atoms with Crippen LogP contribution in [-0.4, -0.2) is 37.5 Å². The third-order valence-electron chi connectivity index (χ3n) is 1.48. The molecule has 1 aliphatic heterocycles. The van der Waals surface area contributed by atoms with E-state index < -0.39 is 24.3 Å². The second-order valence-corrected chi connectivity index (χ2v) is 2.99. The zero-order valence-corrected chi connectivity index (χ0v) is 8.73. The number of carbonyl (C=O) groups is 2. The van der Waals surface area contributed by atoms with Gasteiger partial charge in [0, 0.05) is 13.2 Å². The van der Waals surface area contributed by atoms with Gasteiger partial charge in [0.2, 0.25) is 0 Å². The van der Waals surface area contributed by atoms with E-state index in [2.05, 4.69) is 4.74 Å². The number of hydrogen-bond acceptors (Lipinski definition) is 4. The van der Waals surface area contributed by atoms with Crippen LogP contribution in [0.1, 0.15) is 12.8 Å². The first kappa shape index (κ1) is 16.7. The van der Waals surface area contributed by atoms with Crippen LogP contribution in [0.5, 0.6) is 0 Å². The summed E-state index contributed by atoms with van der Waals surface area (Å²) in [6.07, 6.45) is -8.69. The van der Waals surface area contributed by atoms with Crippen LogP contribution in [0.4, 0.5) is 26.3 Å². The number of halogens is 6. The van der Waals surface area contributed by atoms with Gasteiger partial charge >= 0.3 is 24.3 Å². The first-order valence-electron chi connectivity index (χ1n) is 4.53. The molecular weight excluding hydrogens is 274 g/mol. The van der Waals surface area contributed by atoms with Crippen LogP contribution in [0.2, 0.25) is 0 Å². The molecule has 1 heterocycles. The molecule has 0 aromatic carbocycles. The SMILES string of the molecule is C1CCOC1.O=C(OC(=O)C(F)(F)F)C(F)(F)F. The van der Waals surface area contributed by atoms with Crippen LogP contribution in [0.3, 0.4) is 0 Å². The molecule has 0 N–H and O–H groups in total. The van der Waals surface area contributed by atoms with Gasteiger partial charge in [-0.05, 0) is 12.8 Å². The minimum absolute atomic E-state index is 1.00. The van der Waals surface area contributed by atoms with E-state index in [1.54, 1.807) is 0 Å². The van der Waals surface area contributed by atoms with Gasteiger partial charge in [-0.3, -0.25) is 0 Å². The Labute approximate surface area is 96.8 Å². The summed E-state index contributed by atoms with van der Waals surface area (Å²) in [6.45, 7) is 2.00. The number of carbonyl (C=O) groups excluding carboxylic acids is 2. The van der Waals surface area contributed by atoms with Crippen LogP contribution in [0.15, 0.2) is 0 Å². The molecule has 0 atom stereocenters. The maximum Gasteiger partial charge on any atom is 0.491 e. The molecule has 0 radical (unpaired) electrons. The maximum atomic E-state index is 11.2. The van der Waals surface area contributed by atoms with E-state index in [0.717, 1.165) is 13.2 Å². The van der Waals surface area contributed by atoms with Crippen molar-refractivity contribution in [1.29, 1.82) is 0 Å². The molecule has 0 aromatic heterocycles. The summed E-state index contributed by atoms with van der Waals surface area (Å²) in [6, 6.07) is 0. The highest BCUT2D eigenvalue weighted by Gasteiger charge is 2.49. The third-order valence-corrected chi connectivity index (χ3v) is 1.48. The van der Waals surface area contributed by atoms with E-state index in [1.807, 2.05) is 0 Å². The second kappa shape index (κ2) is 6.57. The molecule has 10 heteroatoms. The van der Waals surface area contributed by atoms with Crippen molar-refractivity contribution in [1.82, 2.24) is 0 Å². The molecule has 1 saturated heterocycles. The minimum Gasteiger partial charge on any atom is -0.381 e. The van der Waals surface area contributed by atoms with Gasteiger partial charge in [-0.1, -0.05) is 0 Å². The number of ether oxygens (including phenoxy) is 2. The second-order valence-electron chi connectivity index (χ2n) is 2.99. The molecule has 0 unspecified atom stereocenters. The Balaban J connectivity index is 0.000000473. The summed E-state index contributed by atoms with van der Waals surface area (Å²) in [5.74, 6) is -6.40. The van der Waals surface area contributed by atoms with Crippen molar-refractivity contribution < 1.29 is 45.4 Å². The van der Waals surface area contributed by atoms with E-state index in [-0.39, 0.29) is 0 Å². The Morgan fingerprint density at radius 2 is 1.17 bits per heavy atom. The van der Waals surface area contributed by atoms with E-state index in [4.69, 9.17) is 4.74 Å². The summed E-state index contributed by atoms with van der Waals surface area (Å²) in [5.41, 5.74) is 0. The Morgan fingerprint density at radius 3 is 1.33 bits per heavy atom. The lowest BCUT2D eigenvalue weighted by Gasteiger charge is -2.06. The van der Waals surface area contributed by atoms with Gasteiger partial charge in [-0.25, -0.2) is 9.59 Å². The number of hydrogen-bond donors (Lipinski definition) is 0. The smallest absolute Gasteiger partial charge is 0.381 e. The maximum absolute atomic E-state index is 11.2. The number of alkyl halides is 6. The van der Waals surface area contributed by atoms with E-state index >= 15 is 0 Å². The highest BCUT2D eigenvalue weighted by Crippen LogP contribution is 2.21. The Kier molecular flexibility index (Phi) is 6.09. The largest absolute Gasteiger partial charge is 0.491 e. The van der Waals surface area contributed by atoms with Crippen molar-refractivity contribution in [2.24, 2.45) is 0 Å². The van der Waals surface area contributed by atoms with Crippen molar-refractivity contribution in [2.45, 2.75) is 25.2 Å². The molecule has 1 aliphatic rings. The quantitative estimate of drug-likeness (QED) is 0.387. The summed E-state index contributed by atoms with van der Waals surface area (Å²) in [4.78, 5) is 19.3. The van der Waals surface area contributed by atoms with Crippen molar-refractivity contribution in [3.63, 3.8) is 0 Å². The first-order chi connectivity index (χ1) is 8.05. The van der Waals surface area contributed by atoms with Gasteiger partial charge < -0.3 is 9.47 Å².